The summed E-state index contributed by atoms with van der Waals surface area (Å²) in [6.07, 6.45) is 4.68. The fourth-order valence-electron chi connectivity index (χ4n) is 2.59. The largest absolute Gasteiger partial charge is 0.504 e. The number of benzene rings is 1. The molecule has 0 amide bonds. The van der Waals surface area contributed by atoms with Gasteiger partial charge in [0.25, 0.3) is 0 Å². The predicted molar refractivity (Wildman–Crippen MR) is 85.1 cm³/mol. The minimum Gasteiger partial charge on any atom is -0.504 e. The van der Waals surface area contributed by atoms with E-state index in [1.165, 1.54) is 42.8 Å². The highest BCUT2D eigenvalue weighted by molar-refractivity contribution is 7.99. The van der Waals surface area contributed by atoms with Crippen LogP contribution in [0.2, 0.25) is 0 Å². The molecule has 0 spiro atoms. The third kappa shape index (κ3) is 2.93. The second-order valence-corrected chi connectivity index (χ2v) is 7.07. The zero-order chi connectivity index (χ0) is 16.0. The molecule has 1 aromatic carbocycles. The third-order valence-electron chi connectivity index (χ3n) is 4.18. The average Bonchev–Trinajstić information content (AvgIpc) is 3.46. The number of rotatable bonds is 6. The van der Waals surface area contributed by atoms with Crippen molar-refractivity contribution >= 4 is 17.5 Å². The molecule has 0 atom stereocenters. The summed E-state index contributed by atoms with van der Waals surface area (Å²) in [7, 11) is 0. The smallest absolute Gasteiger partial charge is 0.191 e. The van der Waals surface area contributed by atoms with E-state index in [0.717, 1.165) is 23.8 Å². The Labute approximate surface area is 137 Å². The zero-order valence-corrected chi connectivity index (χ0v) is 13.3. The lowest BCUT2D eigenvalue weighted by Crippen LogP contribution is -2.06. The number of nitrogens with zero attached hydrogens (tertiary/aromatic N) is 3. The molecule has 2 aliphatic rings. The third-order valence-corrected chi connectivity index (χ3v) is 5.12. The molecule has 1 heterocycles. The lowest BCUT2D eigenvalue weighted by atomic mass is 10.1. The van der Waals surface area contributed by atoms with Crippen molar-refractivity contribution in [3.63, 3.8) is 0 Å². The normalized spacial score (nSPS) is 17.4. The number of hydrogen-bond donors (Lipinski definition) is 2. The van der Waals surface area contributed by atoms with E-state index < -0.39 is 0 Å². The quantitative estimate of drug-likeness (QED) is 0.481. The van der Waals surface area contributed by atoms with E-state index in [-0.39, 0.29) is 23.0 Å². The Morgan fingerprint density at radius 3 is 2.61 bits per heavy atom. The van der Waals surface area contributed by atoms with E-state index in [4.69, 9.17) is 0 Å². The molecule has 2 N–H and O–H groups in total. The SMILES string of the molecule is O=C(CSc1nnc(C2CC2)n1C1CC1)c1ccc(O)c(O)c1. The maximum Gasteiger partial charge on any atom is 0.191 e. The van der Waals surface area contributed by atoms with Crippen LogP contribution in [-0.4, -0.2) is 36.5 Å². The summed E-state index contributed by atoms with van der Waals surface area (Å²) >= 11 is 1.39. The van der Waals surface area contributed by atoms with Gasteiger partial charge in [0, 0.05) is 17.5 Å². The molecule has 2 fully saturated rings. The number of phenolic OH excluding ortho intramolecular Hbond substituents is 2. The van der Waals surface area contributed by atoms with Gasteiger partial charge in [-0.3, -0.25) is 4.79 Å². The maximum atomic E-state index is 12.3. The molecule has 120 valence electrons. The van der Waals surface area contributed by atoms with E-state index in [9.17, 15) is 15.0 Å². The summed E-state index contributed by atoms with van der Waals surface area (Å²) in [6.45, 7) is 0. The van der Waals surface area contributed by atoms with Crippen LogP contribution >= 0.6 is 11.8 Å². The number of phenols is 2. The van der Waals surface area contributed by atoms with Crippen molar-refractivity contribution in [1.82, 2.24) is 14.8 Å². The fraction of sp³-hybridized carbons (Fsp3) is 0.438. The molecular weight excluding hydrogens is 314 g/mol. The molecule has 0 radical (unpaired) electrons. The molecule has 0 saturated heterocycles. The van der Waals surface area contributed by atoms with Crippen LogP contribution in [0.4, 0.5) is 0 Å². The Kier molecular flexibility index (Phi) is 3.52. The van der Waals surface area contributed by atoms with Crippen molar-refractivity contribution in [3.05, 3.63) is 29.6 Å². The van der Waals surface area contributed by atoms with Gasteiger partial charge in [-0.05, 0) is 43.9 Å². The summed E-state index contributed by atoms with van der Waals surface area (Å²) < 4.78 is 2.21. The number of ketones is 1. The van der Waals surface area contributed by atoms with Crippen LogP contribution in [0.1, 0.15) is 53.8 Å². The first-order valence-electron chi connectivity index (χ1n) is 7.76. The fourth-order valence-corrected chi connectivity index (χ4v) is 3.50. The molecule has 2 aromatic rings. The summed E-state index contributed by atoms with van der Waals surface area (Å²) in [5.74, 6) is 1.24. The first-order chi connectivity index (χ1) is 11.1. The highest BCUT2D eigenvalue weighted by Crippen LogP contribution is 2.46. The summed E-state index contributed by atoms with van der Waals surface area (Å²) in [6, 6.07) is 4.62. The van der Waals surface area contributed by atoms with Gasteiger partial charge in [0.05, 0.1) is 5.75 Å². The Hall–Kier alpha value is -2.02. The molecule has 0 unspecified atom stereocenters. The minimum absolute atomic E-state index is 0.108. The average molecular weight is 331 g/mol. The first kappa shape index (κ1) is 14.6. The predicted octanol–water partition coefficient (Wildman–Crippen LogP) is 2.88. The molecule has 2 saturated carbocycles. The van der Waals surface area contributed by atoms with Gasteiger partial charge in [-0.25, -0.2) is 0 Å². The topological polar surface area (TPSA) is 88.2 Å². The van der Waals surface area contributed by atoms with Gasteiger partial charge < -0.3 is 14.8 Å². The van der Waals surface area contributed by atoms with Crippen molar-refractivity contribution in [2.45, 2.75) is 42.8 Å². The minimum atomic E-state index is -0.280. The van der Waals surface area contributed by atoms with Gasteiger partial charge in [0.15, 0.2) is 22.4 Å². The number of Topliss-reactive ketones (excluding diaryl/α,β-unsaturated/α-hetero) is 1. The van der Waals surface area contributed by atoms with Crippen molar-refractivity contribution < 1.29 is 15.0 Å². The molecule has 23 heavy (non-hydrogen) atoms. The summed E-state index contributed by atoms with van der Waals surface area (Å²) in [4.78, 5) is 12.3. The van der Waals surface area contributed by atoms with Crippen LogP contribution in [0, 0.1) is 0 Å². The van der Waals surface area contributed by atoms with Crippen molar-refractivity contribution in [2.75, 3.05) is 5.75 Å². The van der Waals surface area contributed by atoms with E-state index in [2.05, 4.69) is 14.8 Å². The summed E-state index contributed by atoms with van der Waals surface area (Å²) in [5, 5.41) is 28.2. The van der Waals surface area contributed by atoms with E-state index >= 15 is 0 Å². The second kappa shape index (κ2) is 5.56. The molecular formula is C16H17N3O3S. The highest BCUT2D eigenvalue weighted by Gasteiger charge is 2.36. The maximum absolute atomic E-state index is 12.3. The van der Waals surface area contributed by atoms with Gasteiger partial charge in [-0.1, -0.05) is 11.8 Å². The second-order valence-electron chi connectivity index (χ2n) is 6.13. The van der Waals surface area contributed by atoms with Gasteiger partial charge in [-0.2, -0.15) is 0 Å². The number of aromatic hydroxyl groups is 2. The van der Waals surface area contributed by atoms with E-state index in [0.29, 0.717) is 17.5 Å². The molecule has 4 rings (SSSR count). The van der Waals surface area contributed by atoms with Crippen LogP contribution < -0.4 is 0 Å². The molecule has 1 aromatic heterocycles. The van der Waals surface area contributed by atoms with Crippen LogP contribution in [0.3, 0.4) is 0 Å². The monoisotopic (exact) mass is 331 g/mol. The molecule has 0 aliphatic heterocycles. The van der Waals surface area contributed by atoms with Crippen LogP contribution in [0.5, 0.6) is 11.5 Å². The van der Waals surface area contributed by atoms with E-state index in [1.54, 1.807) is 0 Å². The van der Waals surface area contributed by atoms with E-state index in [1.807, 2.05) is 0 Å². The van der Waals surface area contributed by atoms with Gasteiger partial charge in [0.2, 0.25) is 0 Å². The number of carbonyl (C=O) groups excluding carboxylic acids is 1. The number of hydrogen-bond acceptors (Lipinski definition) is 6. The van der Waals surface area contributed by atoms with Crippen molar-refractivity contribution in [3.8, 4) is 11.5 Å². The lowest BCUT2D eigenvalue weighted by Gasteiger charge is -2.08. The number of aromatic nitrogens is 3. The standard InChI is InChI=1S/C16H17N3O3S/c20-12-6-3-10(7-13(12)21)14(22)8-23-16-18-17-15(9-1-2-9)19(16)11-4-5-11/h3,6-7,9,11,20-21H,1-2,4-5,8H2. The van der Waals surface area contributed by atoms with Crippen LogP contribution in [0.25, 0.3) is 0 Å². The Morgan fingerprint density at radius 1 is 1.17 bits per heavy atom. The number of carbonyl (C=O) groups is 1. The summed E-state index contributed by atoms with van der Waals surface area (Å²) in [5.41, 5.74) is 0.382. The van der Waals surface area contributed by atoms with Gasteiger partial charge >= 0.3 is 0 Å². The molecule has 7 heteroatoms. The van der Waals surface area contributed by atoms with Crippen molar-refractivity contribution in [1.29, 1.82) is 0 Å². The molecule has 6 nitrogen and oxygen atoms in total. The van der Waals surface area contributed by atoms with Gasteiger partial charge in [-0.15, -0.1) is 10.2 Å². The zero-order valence-electron chi connectivity index (χ0n) is 12.5. The van der Waals surface area contributed by atoms with Gasteiger partial charge in [0.1, 0.15) is 5.82 Å². The first-order valence-corrected chi connectivity index (χ1v) is 8.75. The van der Waals surface area contributed by atoms with Crippen LogP contribution in [0.15, 0.2) is 23.4 Å². The Bertz CT molecular complexity index is 766. The Morgan fingerprint density at radius 2 is 1.96 bits per heavy atom. The molecule has 2 aliphatic carbocycles. The molecule has 0 bridgehead atoms. The lowest BCUT2D eigenvalue weighted by molar-refractivity contribution is 0.102. The number of thioether (sulfide) groups is 1. The Balaban J connectivity index is 1.48. The highest BCUT2D eigenvalue weighted by atomic mass is 32.2. The van der Waals surface area contributed by atoms with Crippen LogP contribution in [-0.2, 0) is 0 Å². The van der Waals surface area contributed by atoms with Crippen molar-refractivity contribution in [2.24, 2.45) is 0 Å².